The van der Waals surface area contributed by atoms with E-state index in [1.54, 1.807) is 24.3 Å². The van der Waals surface area contributed by atoms with Crippen LogP contribution in [0, 0.1) is 5.82 Å². The summed E-state index contributed by atoms with van der Waals surface area (Å²) in [6.45, 7) is 13.3. The van der Waals surface area contributed by atoms with E-state index in [2.05, 4.69) is 26.3 Å². The monoisotopic (exact) mass is 554 g/mol. The Hall–Kier alpha value is -5.83. The molecule has 0 aromatic heterocycles. The summed E-state index contributed by atoms with van der Waals surface area (Å²) in [6, 6.07) is 13.3. The van der Waals surface area contributed by atoms with Crippen molar-refractivity contribution in [2.75, 3.05) is 0 Å². The minimum absolute atomic E-state index is 0.0128. The average molecular weight is 555 g/mol. The van der Waals surface area contributed by atoms with Crippen LogP contribution in [-0.4, -0.2) is 23.9 Å². The molecule has 8 nitrogen and oxygen atoms in total. The van der Waals surface area contributed by atoms with Crippen LogP contribution >= 0.6 is 0 Å². The van der Waals surface area contributed by atoms with Gasteiger partial charge in [0.15, 0.2) is 23.0 Å². The molecular formula is C32H23FO8. The van der Waals surface area contributed by atoms with Gasteiger partial charge in [-0.15, -0.1) is 0 Å². The number of benzene rings is 3. The van der Waals surface area contributed by atoms with Crippen molar-refractivity contribution < 1.29 is 42.5 Å². The van der Waals surface area contributed by atoms with E-state index in [1.165, 1.54) is 42.5 Å². The fraction of sp³-hybridized carbons (Fsp3) is 0. The number of ether oxygens (including phenoxy) is 4. The zero-order valence-electron chi connectivity index (χ0n) is 21.6. The molecule has 3 rings (SSSR count). The lowest BCUT2D eigenvalue weighted by Gasteiger charge is -2.11. The largest absolute Gasteiger partial charge is 0.419 e. The maximum Gasteiger partial charge on any atom is 0.335 e. The van der Waals surface area contributed by atoms with Gasteiger partial charge in [-0.1, -0.05) is 62.7 Å². The van der Waals surface area contributed by atoms with Crippen molar-refractivity contribution in [1.82, 2.24) is 0 Å². The number of hydrogen-bond donors (Lipinski definition) is 0. The molecule has 206 valence electrons. The van der Waals surface area contributed by atoms with Gasteiger partial charge in [0.05, 0.1) is 0 Å². The first-order valence-corrected chi connectivity index (χ1v) is 11.8. The van der Waals surface area contributed by atoms with Crippen LogP contribution in [0.15, 0.2) is 105 Å². The molecule has 0 aliphatic carbocycles. The Bertz CT molecular complexity index is 1600. The number of hydrogen-bond acceptors (Lipinski definition) is 8. The normalized spacial score (nSPS) is 10.3. The number of carbonyl (C=O) groups is 4. The van der Waals surface area contributed by atoms with Crippen LogP contribution in [-0.2, 0) is 19.2 Å². The molecule has 0 spiro atoms. The molecule has 3 aromatic carbocycles. The highest BCUT2D eigenvalue weighted by Gasteiger charge is 2.15. The van der Waals surface area contributed by atoms with E-state index >= 15 is 4.39 Å². The minimum atomic E-state index is -0.779. The Balaban J connectivity index is 1.90. The maximum absolute atomic E-state index is 15.1. The minimum Gasteiger partial charge on any atom is -0.419 e. The van der Waals surface area contributed by atoms with Gasteiger partial charge in [-0.2, -0.15) is 0 Å². The molecule has 0 amide bonds. The third kappa shape index (κ3) is 8.08. The maximum atomic E-state index is 15.1. The molecule has 9 heteroatoms. The number of halogens is 1. The van der Waals surface area contributed by atoms with Crippen LogP contribution in [0.25, 0.3) is 23.3 Å². The van der Waals surface area contributed by atoms with Crippen molar-refractivity contribution in [3.63, 3.8) is 0 Å². The standard InChI is InChI=1S/C32H23FO8/c1-5-29(34)38-25-15-10-20(17-27(25)40-31(36)7-3)9-11-21-12-13-22(18-24(21)33)23-14-16-26(39-30(35)6-2)28(19-23)41-32(37)8-4/h5-19H,1-4H2. The van der Waals surface area contributed by atoms with Gasteiger partial charge in [0, 0.05) is 29.9 Å². The van der Waals surface area contributed by atoms with Crippen molar-refractivity contribution in [1.29, 1.82) is 0 Å². The van der Waals surface area contributed by atoms with E-state index in [0.29, 0.717) is 16.7 Å². The molecule has 0 saturated carbocycles. The van der Waals surface area contributed by atoms with E-state index in [9.17, 15) is 19.2 Å². The molecular weight excluding hydrogens is 531 g/mol. The molecule has 0 aliphatic heterocycles. The van der Waals surface area contributed by atoms with Crippen molar-refractivity contribution in [2.45, 2.75) is 0 Å². The van der Waals surface area contributed by atoms with Gasteiger partial charge in [-0.25, -0.2) is 23.6 Å². The summed E-state index contributed by atoms with van der Waals surface area (Å²) < 4.78 is 35.6. The highest BCUT2D eigenvalue weighted by molar-refractivity contribution is 5.88. The fourth-order valence-electron chi connectivity index (χ4n) is 3.27. The third-order valence-corrected chi connectivity index (χ3v) is 5.21. The first-order chi connectivity index (χ1) is 19.7. The summed E-state index contributed by atoms with van der Waals surface area (Å²) in [6.07, 6.45) is 6.87. The first kappa shape index (κ1) is 29.7. The molecule has 0 aliphatic rings. The molecule has 0 fully saturated rings. The predicted molar refractivity (Wildman–Crippen MR) is 151 cm³/mol. The smallest absolute Gasteiger partial charge is 0.335 e. The second-order valence-electron chi connectivity index (χ2n) is 7.94. The second kappa shape index (κ2) is 13.8. The van der Waals surface area contributed by atoms with Gasteiger partial charge in [0.25, 0.3) is 0 Å². The Kier molecular flexibility index (Phi) is 10.0. The van der Waals surface area contributed by atoms with Crippen LogP contribution in [0.2, 0.25) is 0 Å². The van der Waals surface area contributed by atoms with Gasteiger partial charge >= 0.3 is 23.9 Å². The predicted octanol–water partition coefficient (Wildman–Crippen LogP) is 6.03. The van der Waals surface area contributed by atoms with Crippen molar-refractivity contribution >= 4 is 36.0 Å². The second-order valence-corrected chi connectivity index (χ2v) is 7.94. The van der Waals surface area contributed by atoms with E-state index < -0.39 is 29.7 Å². The lowest BCUT2D eigenvalue weighted by molar-refractivity contribution is -0.131. The average Bonchev–Trinajstić information content (AvgIpc) is 2.97. The highest BCUT2D eigenvalue weighted by Crippen LogP contribution is 2.34. The highest BCUT2D eigenvalue weighted by atomic mass is 19.1. The van der Waals surface area contributed by atoms with Gasteiger partial charge < -0.3 is 18.9 Å². The SMILES string of the molecule is C=CC(=O)Oc1ccc(C=Cc2ccc(-c3ccc(OC(=O)C=C)c(OC(=O)C=C)c3)cc2F)cc1OC(=O)C=C. The molecule has 0 unspecified atom stereocenters. The lowest BCUT2D eigenvalue weighted by Crippen LogP contribution is -2.08. The van der Waals surface area contributed by atoms with E-state index in [0.717, 1.165) is 24.3 Å². The Labute approximate surface area is 234 Å². The molecule has 0 heterocycles. The molecule has 41 heavy (non-hydrogen) atoms. The van der Waals surface area contributed by atoms with Crippen LogP contribution in [0.4, 0.5) is 4.39 Å². The van der Waals surface area contributed by atoms with Crippen molar-refractivity contribution in [3.8, 4) is 34.1 Å². The number of esters is 4. The van der Waals surface area contributed by atoms with E-state index in [4.69, 9.17) is 18.9 Å². The summed E-state index contributed by atoms with van der Waals surface area (Å²) in [5.41, 5.74) is 1.67. The topological polar surface area (TPSA) is 105 Å². The summed E-state index contributed by atoms with van der Waals surface area (Å²) >= 11 is 0. The lowest BCUT2D eigenvalue weighted by atomic mass is 10.0. The van der Waals surface area contributed by atoms with Crippen molar-refractivity contribution in [3.05, 3.63) is 122 Å². The zero-order valence-corrected chi connectivity index (χ0v) is 21.6. The van der Waals surface area contributed by atoms with Gasteiger partial charge in [0.2, 0.25) is 0 Å². The molecule has 0 atom stereocenters. The Morgan fingerprint density at radius 2 is 0.976 bits per heavy atom. The number of rotatable bonds is 11. The first-order valence-electron chi connectivity index (χ1n) is 11.8. The Morgan fingerprint density at radius 3 is 1.49 bits per heavy atom. The van der Waals surface area contributed by atoms with Crippen LogP contribution < -0.4 is 18.9 Å². The zero-order chi connectivity index (χ0) is 29.9. The number of carbonyl (C=O) groups excluding carboxylic acids is 4. The molecule has 3 aromatic rings. The quantitative estimate of drug-likeness (QED) is 0.123. The van der Waals surface area contributed by atoms with E-state index in [1.807, 2.05) is 0 Å². The molecule has 0 saturated heterocycles. The van der Waals surface area contributed by atoms with Crippen molar-refractivity contribution in [2.24, 2.45) is 0 Å². The third-order valence-electron chi connectivity index (χ3n) is 5.21. The summed E-state index contributed by atoms with van der Waals surface area (Å²) in [5.74, 6) is -3.77. The molecule has 0 N–H and O–H groups in total. The van der Waals surface area contributed by atoms with Crippen LogP contribution in [0.3, 0.4) is 0 Å². The molecule has 0 bridgehead atoms. The summed E-state index contributed by atoms with van der Waals surface area (Å²) in [7, 11) is 0. The van der Waals surface area contributed by atoms with Crippen LogP contribution in [0.5, 0.6) is 23.0 Å². The van der Waals surface area contributed by atoms with E-state index in [-0.39, 0.29) is 28.6 Å². The summed E-state index contributed by atoms with van der Waals surface area (Å²) in [4.78, 5) is 46.7. The van der Waals surface area contributed by atoms with Gasteiger partial charge in [-0.05, 0) is 47.0 Å². The van der Waals surface area contributed by atoms with Gasteiger partial charge in [0.1, 0.15) is 5.82 Å². The van der Waals surface area contributed by atoms with Crippen LogP contribution in [0.1, 0.15) is 11.1 Å². The fourth-order valence-corrected chi connectivity index (χ4v) is 3.27. The summed E-state index contributed by atoms with van der Waals surface area (Å²) in [5, 5.41) is 0. The van der Waals surface area contributed by atoms with Gasteiger partial charge in [-0.3, -0.25) is 0 Å². The Morgan fingerprint density at radius 1 is 0.537 bits per heavy atom. The molecule has 0 radical (unpaired) electrons.